The van der Waals surface area contributed by atoms with Gasteiger partial charge in [0.1, 0.15) is 0 Å². The molecule has 0 saturated carbocycles. The molecule has 0 amide bonds. The molecule has 1 N–H and O–H groups in total. The van der Waals surface area contributed by atoms with Crippen molar-refractivity contribution in [2.45, 2.75) is 206 Å². The Labute approximate surface area is 281 Å². The summed E-state index contributed by atoms with van der Waals surface area (Å²) in [6, 6.07) is 0. The summed E-state index contributed by atoms with van der Waals surface area (Å²) in [6.45, 7) is 5.51. The zero-order valence-corrected chi connectivity index (χ0v) is 30.2. The predicted molar refractivity (Wildman–Crippen MR) is 199 cm³/mol. The fraction of sp³-hybridized carbons (Fsp3) is 0.786. The summed E-state index contributed by atoms with van der Waals surface area (Å²) in [4.78, 5) is 10.4. The van der Waals surface area contributed by atoms with E-state index in [0.29, 0.717) is 13.1 Å². The molecule has 0 bridgehead atoms. The molecule has 0 aliphatic rings. The van der Waals surface area contributed by atoms with E-state index in [1.807, 2.05) is 0 Å². The van der Waals surface area contributed by atoms with Crippen LogP contribution in [0.2, 0.25) is 0 Å². The highest BCUT2D eigenvalue weighted by molar-refractivity contribution is 5.36. The lowest BCUT2D eigenvalue weighted by molar-refractivity contribution is -0.128. The Morgan fingerprint density at radius 3 is 1.16 bits per heavy atom. The van der Waals surface area contributed by atoms with E-state index in [4.69, 9.17) is 4.74 Å². The summed E-state index contributed by atoms with van der Waals surface area (Å²) < 4.78 is 4.86. The third-order valence-electron chi connectivity index (χ3n) is 8.91. The van der Waals surface area contributed by atoms with Gasteiger partial charge in [0.25, 0.3) is 6.47 Å². The Balaban J connectivity index is 3.97. The zero-order valence-electron chi connectivity index (χ0n) is 30.2. The molecule has 0 aliphatic heterocycles. The van der Waals surface area contributed by atoms with Crippen molar-refractivity contribution in [3.63, 3.8) is 0 Å². The number of hydrogen-bond acceptors (Lipinski definition) is 3. The highest BCUT2D eigenvalue weighted by atomic mass is 16.5. The lowest BCUT2D eigenvalue weighted by Crippen LogP contribution is -2.28. The molecule has 262 valence electrons. The Morgan fingerprint density at radius 2 is 0.778 bits per heavy atom. The summed E-state index contributed by atoms with van der Waals surface area (Å²) in [5, 5.41) is 11.5. The van der Waals surface area contributed by atoms with Crippen LogP contribution in [0.3, 0.4) is 0 Å². The monoisotopic (exact) mass is 629 g/mol. The van der Waals surface area contributed by atoms with Crippen LogP contribution in [0.5, 0.6) is 0 Å². The molecule has 0 radical (unpaired) electrons. The highest BCUT2D eigenvalue weighted by Gasteiger charge is 2.25. The van der Waals surface area contributed by atoms with Crippen molar-refractivity contribution < 1.29 is 14.6 Å². The van der Waals surface area contributed by atoms with Crippen molar-refractivity contribution in [1.29, 1.82) is 0 Å². The molecule has 0 atom stereocenters. The van der Waals surface area contributed by atoms with E-state index in [0.717, 1.165) is 57.8 Å². The number of ether oxygens (including phenoxy) is 1. The highest BCUT2D eigenvalue weighted by Crippen LogP contribution is 2.28. The normalized spacial score (nSPS) is 12.5. The number of unbranched alkanes of at least 4 members (excludes halogenated alkanes) is 19. The van der Waals surface area contributed by atoms with Crippen LogP contribution in [0, 0.1) is 0 Å². The maximum Gasteiger partial charge on any atom is 0.293 e. The maximum absolute atomic E-state index is 11.5. The number of allylic oxidation sites excluding steroid dienone is 8. The van der Waals surface area contributed by atoms with E-state index in [9.17, 15) is 9.90 Å². The van der Waals surface area contributed by atoms with E-state index in [1.54, 1.807) is 0 Å². The van der Waals surface area contributed by atoms with Crippen molar-refractivity contribution in [2.75, 3.05) is 6.61 Å². The standard InChI is InChI=1S/C42H76O3/c1-3-5-7-9-11-13-15-17-19-21-23-25-27-29-31-33-37-42(44,39-35-36-40-45-41-43)38-34-32-30-28-26-24-22-20-18-16-14-12-10-8-6-4-2/h11-14,17-20,41,44H,3-10,15-16,21-40H2,1-2H3/b13-11-,14-12-,19-17-,20-18-. The first-order chi connectivity index (χ1) is 22.2. The minimum Gasteiger partial charge on any atom is -0.468 e. The van der Waals surface area contributed by atoms with Gasteiger partial charge in [-0.05, 0) is 96.3 Å². The molecular weight excluding hydrogens is 552 g/mol. The van der Waals surface area contributed by atoms with Crippen LogP contribution in [0.15, 0.2) is 48.6 Å². The van der Waals surface area contributed by atoms with E-state index in [1.165, 1.54) is 128 Å². The predicted octanol–water partition coefficient (Wildman–Crippen LogP) is 13.5. The minimum atomic E-state index is -0.550. The van der Waals surface area contributed by atoms with Gasteiger partial charge in [0.15, 0.2) is 0 Å². The van der Waals surface area contributed by atoms with Gasteiger partial charge in [-0.2, -0.15) is 0 Å². The quantitative estimate of drug-likeness (QED) is 0.0426. The summed E-state index contributed by atoms with van der Waals surface area (Å²) in [7, 11) is 0. The second-order valence-electron chi connectivity index (χ2n) is 13.3. The van der Waals surface area contributed by atoms with Crippen molar-refractivity contribution in [1.82, 2.24) is 0 Å². The molecule has 3 nitrogen and oxygen atoms in total. The second-order valence-corrected chi connectivity index (χ2v) is 13.3. The molecule has 3 heteroatoms. The van der Waals surface area contributed by atoms with E-state index in [-0.39, 0.29) is 0 Å². The molecule has 0 fully saturated rings. The van der Waals surface area contributed by atoms with Gasteiger partial charge in [0, 0.05) is 0 Å². The first kappa shape index (κ1) is 43.4. The van der Waals surface area contributed by atoms with Crippen molar-refractivity contribution in [3.05, 3.63) is 48.6 Å². The average molecular weight is 629 g/mol. The smallest absolute Gasteiger partial charge is 0.293 e. The van der Waals surface area contributed by atoms with Gasteiger partial charge >= 0.3 is 0 Å². The first-order valence-corrected chi connectivity index (χ1v) is 19.6. The fourth-order valence-corrected chi connectivity index (χ4v) is 5.95. The molecule has 45 heavy (non-hydrogen) atoms. The third-order valence-corrected chi connectivity index (χ3v) is 8.91. The van der Waals surface area contributed by atoms with E-state index < -0.39 is 5.60 Å². The first-order valence-electron chi connectivity index (χ1n) is 19.6. The van der Waals surface area contributed by atoms with Crippen molar-refractivity contribution >= 4 is 6.47 Å². The van der Waals surface area contributed by atoms with Gasteiger partial charge in [0.2, 0.25) is 0 Å². The third kappa shape index (κ3) is 35.1. The molecule has 0 spiro atoms. The average Bonchev–Trinajstić information content (AvgIpc) is 3.04. The van der Waals surface area contributed by atoms with Gasteiger partial charge in [-0.25, -0.2) is 0 Å². The van der Waals surface area contributed by atoms with Crippen LogP contribution in [0.1, 0.15) is 200 Å². The number of carbonyl (C=O) groups is 1. The lowest BCUT2D eigenvalue weighted by Gasteiger charge is -2.28. The summed E-state index contributed by atoms with van der Waals surface area (Å²) in [5.41, 5.74) is -0.550. The number of rotatable bonds is 36. The topological polar surface area (TPSA) is 46.5 Å². The molecule has 0 aromatic rings. The zero-order chi connectivity index (χ0) is 32.8. The molecule has 0 rings (SSSR count). The molecule has 0 aliphatic carbocycles. The largest absolute Gasteiger partial charge is 0.468 e. The van der Waals surface area contributed by atoms with Crippen LogP contribution >= 0.6 is 0 Å². The Morgan fingerprint density at radius 1 is 0.444 bits per heavy atom. The van der Waals surface area contributed by atoms with Crippen LogP contribution in [-0.4, -0.2) is 23.8 Å². The van der Waals surface area contributed by atoms with Gasteiger partial charge in [-0.3, -0.25) is 4.79 Å². The summed E-state index contributed by atoms with van der Waals surface area (Å²) >= 11 is 0. The molecule has 0 aromatic carbocycles. The van der Waals surface area contributed by atoms with Crippen molar-refractivity contribution in [3.8, 4) is 0 Å². The number of aliphatic hydroxyl groups is 1. The van der Waals surface area contributed by atoms with Crippen LogP contribution in [-0.2, 0) is 9.53 Å². The summed E-state index contributed by atoms with van der Waals surface area (Å²) in [5.74, 6) is 0. The lowest BCUT2D eigenvalue weighted by atomic mass is 9.85. The van der Waals surface area contributed by atoms with Gasteiger partial charge in [-0.1, -0.05) is 152 Å². The van der Waals surface area contributed by atoms with Gasteiger partial charge in [0.05, 0.1) is 12.2 Å². The molecular formula is C42H76O3. The van der Waals surface area contributed by atoms with Gasteiger partial charge < -0.3 is 9.84 Å². The molecule has 0 aromatic heterocycles. The Kier molecular flexibility index (Phi) is 35.5. The van der Waals surface area contributed by atoms with E-state index in [2.05, 4.69) is 62.5 Å². The molecule has 0 saturated heterocycles. The number of hydrogen-bond donors (Lipinski definition) is 1. The number of carbonyl (C=O) groups excluding carboxylic acids is 1. The van der Waals surface area contributed by atoms with Crippen molar-refractivity contribution in [2.24, 2.45) is 0 Å². The van der Waals surface area contributed by atoms with Crippen LogP contribution < -0.4 is 0 Å². The molecule has 0 heterocycles. The molecule has 0 unspecified atom stereocenters. The SMILES string of the molecule is CCCCC/C=C\C/C=C\CCCCCCCCC(O)(CCCCCCCC/C=C\C/C=C\CCCCC)CCCCOC=O. The second kappa shape index (κ2) is 36.9. The van der Waals surface area contributed by atoms with Crippen LogP contribution in [0.4, 0.5) is 0 Å². The summed E-state index contributed by atoms with van der Waals surface area (Å²) in [6.07, 6.45) is 53.0. The maximum atomic E-state index is 11.5. The van der Waals surface area contributed by atoms with Crippen LogP contribution in [0.25, 0.3) is 0 Å². The Bertz CT molecular complexity index is 657. The van der Waals surface area contributed by atoms with Gasteiger partial charge in [-0.15, -0.1) is 0 Å². The fourth-order valence-electron chi connectivity index (χ4n) is 5.95. The minimum absolute atomic E-state index is 0.468. The van der Waals surface area contributed by atoms with E-state index >= 15 is 0 Å². The Hall–Kier alpha value is -1.61.